The van der Waals surface area contributed by atoms with Gasteiger partial charge in [0.1, 0.15) is 0 Å². The highest BCUT2D eigenvalue weighted by atomic mass is 32.2. The van der Waals surface area contributed by atoms with Crippen LogP contribution in [-0.4, -0.2) is 48.4 Å². The third kappa shape index (κ3) is 5.18. The lowest BCUT2D eigenvalue weighted by atomic mass is 10.1. The molecule has 2 heterocycles. The Bertz CT molecular complexity index is 799. The van der Waals surface area contributed by atoms with Crippen molar-refractivity contribution < 1.29 is 13.2 Å². The fraction of sp³-hybridized carbons (Fsp3) is 0.500. The molecule has 5 nitrogen and oxygen atoms in total. The van der Waals surface area contributed by atoms with E-state index in [0.29, 0.717) is 26.1 Å². The van der Waals surface area contributed by atoms with Gasteiger partial charge in [0.05, 0.1) is 12.2 Å². The third-order valence-corrected chi connectivity index (χ3v) is 7.69. The van der Waals surface area contributed by atoms with E-state index >= 15 is 0 Å². The molecule has 0 saturated carbocycles. The molecule has 1 aromatic heterocycles. The molecule has 1 aliphatic rings. The predicted octanol–water partition coefficient (Wildman–Crippen LogP) is 3.54. The molecule has 3 atom stereocenters. The van der Waals surface area contributed by atoms with Gasteiger partial charge in [-0.15, -0.1) is 11.3 Å². The molecular weight excluding hydrogens is 380 g/mol. The van der Waals surface area contributed by atoms with Gasteiger partial charge in [-0.25, -0.2) is 0 Å². The van der Waals surface area contributed by atoms with Crippen molar-refractivity contribution in [2.45, 2.75) is 52.0 Å². The fourth-order valence-corrected chi connectivity index (χ4v) is 6.28. The number of benzene rings is 1. The van der Waals surface area contributed by atoms with Crippen LogP contribution in [-0.2, 0) is 27.9 Å². The predicted molar refractivity (Wildman–Crippen MR) is 110 cm³/mol. The van der Waals surface area contributed by atoms with Crippen LogP contribution < -0.4 is 0 Å². The van der Waals surface area contributed by atoms with Crippen LogP contribution >= 0.6 is 11.3 Å². The maximum absolute atomic E-state index is 13.6. The zero-order chi connectivity index (χ0) is 19.4. The number of morpholine rings is 1. The zero-order valence-corrected chi connectivity index (χ0v) is 17.7. The molecule has 0 spiro atoms. The van der Waals surface area contributed by atoms with Gasteiger partial charge in [-0.05, 0) is 44.2 Å². The van der Waals surface area contributed by atoms with Gasteiger partial charge in [0.25, 0.3) is 10.2 Å². The Balaban J connectivity index is 1.87. The van der Waals surface area contributed by atoms with Crippen molar-refractivity contribution in [2.24, 2.45) is 0 Å². The molecule has 1 aromatic carbocycles. The maximum Gasteiger partial charge on any atom is 0.282 e. The molecule has 1 aliphatic heterocycles. The van der Waals surface area contributed by atoms with Crippen molar-refractivity contribution >= 4 is 21.5 Å². The normalized spacial score (nSPS) is 22.8. The quantitative estimate of drug-likeness (QED) is 0.704. The number of hydrogen-bond donors (Lipinski definition) is 0. The van der Waals surface area contributed by atoms with Crippen molar-refractivity contribution in [3.8, 4) is 0 Å². The van der Waals surface area contributed by atoms with Gasteiger partial charge >= 0.3 is 0 Å². The zero-order valence-electron chi connectivity index (χ0n) is 16.1. The van der Waals surface area contributed by atoms with Gasteiger partial charge in [0.15, 0.2) is 0 Å². The van der Waals surface area contributed by atoms with Crippen LogP contribution in [0.5, 0.6) is 0 Å². The Morgan fingerprint density at radius 1 is 1.15 bits per heavy atom. The Kier molecular flexibility index (Phi) is 6.70. The number of rotatable bonds is 7. The third-order valence-electron chi connectivity index (χ3n) is 4.76. The van der Waals surface area contributed by atoms with Crippen molar-refractivity contribution in [3.05, 3.63) is 58.3 Å². The SMILES string of the molecule is C[C@@H]1CN(S(=O)(=O)N(Cc2ccccc2)[C@@H](C)Cc2cccs2)C[C@@H](C)O1. The number of nitrogens with zero attached hydrogens (tertiary/aromatic N) is 2. The summed E-state index contributed by atoms with van der Waals surface area (Å²) >= 11 is 1.67. The van der Waals surface area contributed by atoms with E-state index in [1.54, 1.807) is 19.9 Å². The standard InChI is InChI=1S/C20H28N2O3S2/c1-16(12-20-10-7-11-26-20)22(15-19-8-5-4-6-9-19)27(23,24)21-13-17(2)25-18(3)14-21/h4-11,16-18H,12-15H2,1-3H3/t16-,17+,18+/m0/s1. The largest absolute Gasteiger partial charge is 0.373 e. The Labute approximate surface area is 166 Å². The molecule has 1 saturated heterocycles. The van der Waals surface area contributed by atoms with Gasteiger partial charge in [-0.3, -0.25) is 0 Å². The van der Waals surface area contributed by atoms with Crippen LogP contribution in [0.25, 0.3) is 0 Å². The second-order valence-corrected chi connectivity index (χ2v) is 10.2. The minimum atomic E-state index is -3.60. The first-order valence-electron chi connectivity index (χ1n) is 9.35. The van der Waals surface area contributed by atoms with E-state index in [4.69, 9.17) is 4.74 Å². The van der Waals surface area contributed by atoms with E-state index in [1.807, 2.05) is 62.5 Å². The Morgan fingerprint density at radius 2 is 1.81 bits per heavy atom. The van der Waals surface area contributed by atoms with Gasteiger partial charge in [-0.1, -0.05) is 36.4 Å². The van der Waals surface area contributed by atoms with Crippen LogP contribution in [0.2, 0.25) is 0 Å². The van der Waals surface area contributed by atoms with Crippen LogP contribution in [0.1, 0.15) is 31.2 Å². The highest BCUT2D eigenvalue weighted by molar-refractivity contribution is 7.86. The van der Waals surface area contributed by atoms with Gasteiger partial charge in [0.2, 0.25) is 0 Å². The van der Waals surface area contributed by atoms with E-state index in [1.165, 1.54) is 4.88 Å². The summed E-state index contributed by atoms with van der Waals surface area (Å²) in [6.45, 7) is 7.00. The van der Waals surface area contributed by atoms with Crippen LogP contribution in [0.3, 0.4) is 0 Å². The molecule has 0 N–H and O–H groups in total. The maximum atomic E-state index is 13.6. The van der Waals surface area contributed by atoms with Gasteiger partial charge in [-0.2, -0.15) is 17.0 Å². The lowest BCUT2D eigenvalue weighted by molar-refractivity contribution is -0.0458. The van der Waals surface area contributed by atoms with E-state index in [9.17, 15) is 8.42 Å². The lowest BCUT2D eigenvalue weighted by Gasteiger charge is -2.39. The molecule has 0 amide bonds. The second kappa shape index (κ2) is 8.84. The molecule has 0 aliphatic carbocycles. The summed E-state index contributed by atoms with van der Waals surface area (Å²) in [6.07, 6.45) is 0.503. The molecular formula is C20H28N2O3S2. The summed E-state index contributed by atoms with van der Waals surface area (Å²) in [5.74, 6) is 0. The smallest absolute Gasteiger partial charge is 0.282 e. The highest BCUT2D eigenvalue weighted by Crippen LogP contribution is 2.24. The summed E-state index contributed by atoms with van der Waals surface area (Å²) in [5.41, 5.74) is 0.994. The van der Waals surface area contributed by atoms with Crippen LogP contribution in [0.4, 0.5) is 0 Å². The molecule has 27 heavy (non-hydrogen) atoms. The van der Waals surface area contributed by atoms with Gasteiger partial charge < -0.3 is 4.74 Å². The van der Waals surface area contributed by atoms with E-state index < -0.39 is 10.2 Å². The van der Waals surface area contributed by atoms with Crippen LogP contribution in [0.15, 0.2) is 47.8 Å². The molecule has 7 heteroatoms. The first kappa shape index (κ1) is 20.5. The summed E-state index contributed by atoms with van der Waals surface area (Å²) in [6, 6.07) is 13.7. The first-order chi connectivity index (χ1) is 12.9. The Hall–Kier alpha value is -1.25. The van der Waals surface area contributed by atoms with E-state index in [-0.39, 0.29) is 18.2 Å². The van der Waals surface area contributed by atoms with Crippen molar-refractivity contribution in [1.82, 2.24) is 8.61 Å². The Morgan fingerprint density at radius 3 is 2.41 bits per heavy atom. The number of ether oxygens (including phenoxy) is 1. The first-order valence-corrected chi connectivity index (χ1v) is 11.6. The highest BCUT2D eigenvalue weighted by Gasteiger charge is 2.37. The molecule has 1 fully saturated rings. The second-order valence-electron chi connectivity index (χ2n) is 7.25. The minimum Gasteiger partial charge on any atom is -0.373 e. The summed E-state index contributed by atoms with van der Waals surface area (Å²) in [4.78, 5) is 1.19. The monoisotopic (exact) mass is 408 g/mol. The molecule has 0 bridgehead atoms. The lowest BCUT2D eigenvalue weighted by Crippen LogP contribution is -2.54. The topological polar surface area (TPSA) is 49.9 Å². The van der Waals surface area contributed by atoms with Gasteiger partial charge in [0, 0.05) is 30.6 Å². The van der Waals surface area contributed by atoms with E-state index in [2.05, 4.69) is 6.07 Å². The summed E-state index contributed by atoms with van der Waals surface area (Å²) in [5, 5.41) is 2.03. The number of hydrogen-bond acceptors (Lipinski definition) is 4. The average Bonchev–Trinajstić information content (AvgIpc) is 3.12. The van der Waals surface area contributed by atoms with Crippen LogP contribution in [0, 0.1) is 0 Å². The van der Waals surface area contributed by atoms with Crippen molar-refractivity contribution in [3.63, 3.8) is 0 Å². The molecule has 0 unspecified atom stereocenters. The van der Waals surface area contributed by atoms with E-state index in [0.717, 1.165) is 5.56 Å². The number of thiophene rings is 1. The van der Waals surface area contributed by atoms with Crippen molar-refractivity contribution in [2.75, 3.05) is 13.1 Å². The molecule has 2 aromatic rings. The molecule has 148 valence electrons. The molecule has 3 rings (SSSR count). The minimum absolute atomic E-state index is 0.102. The fourth-order valence-electron chi connectivity index (χ4n) is 3.52. The summed E-state index contributed by atoms with van der Waals surface area (Å²) < 4.78 is 36.1. The van der Waals surface area contributed by atoms with Crippen molar-refractivity contribution in [1.29, 1.82) is 0 Å². The summed E-state index contributed by atoms with van der Waals surface area (Å²) in [7, 11) is -3.60. The molecule has 0 radical (unpaired) electrons. The average molecular weight is 409 g/mol.